The summed E-state index contributed by atoms with van der Waals surface area (Å²) in [6.45, 7) is 6.43. The summed E-state index contributed by atoms with van der Waals surface area (Å²) in [4.78, 5) is 27.4. The minimum atomic E-state index is -0.460. The van der Waals surface area contributed by atoms with Gasteiger partial charge in [0.25, 0.3) is 11.8 Å². The highest BCUT2D eigenvalue weighted by atomic mass is 19.1. The molecule has 1 heterocycles. The largest absolute Gasteiger partial charge is 0.492 e. The van der Waals surface area contributed by atoms with Crippen LogP contribution in [0, 0.1) is 5.82 Å². The van der Waals surface area contributed by atoms with Crippen LogP contribution in [0.1, 0.15) is 26.3 Å². The Kier molecular flexibility index (Phi) is 6.84. The first-order chi connectivity index (χ1) is 14.4. The number of hydrogen-bond acceptors (Lipinski definition) is 5. The van der Waals surface area contributed by atoms with Crippen molar-refractivity contribution in [2.75, 3.05) is 25.1 Å². The van der Waals surface area contributed by atoms with E-state index in [-0.39, 0.29) is 30.5 Å². The number of rotatable bonds is 9. The Hall–Kier alpha value is -3.19. The first-order valence-electron chi connectivity index (χ1n) is 9.89. The van der Waals surface area contributed by atoms with Crippen molar-refractivity contribution in [2.24, 2.45) is 0 Å². The number of benzene rings is 2. The standard InChI is InChI=1S/C23H25FN2O4/c1-4-29-19-8-6-5-7-18(19)25-21-20(16-9-11-17(24)12-10-16)22(27)26(23(21)28)13-14-30-15(2)3/h5-12,15,25H,4,13-14H2,1-3H3. The second-order valence-electron chi connectivity index (χ2n) is 6.99. The maximum Gasteiger partial charge on any atom is 0.278 e. The van der Waals surface area contributed by atoms with Gasteiger partial charge in [-0.2, -0.15) is 0 Å². The maximum absolute atomic E-state index is 13.4. The Morgan fingerprint density at radius 1 is 1.03 bits per heavy atom. The molecular weight excluding hydrogens is 387 g/mol. The molecule has 6 nitrogen and oxygen atoms in total. The number of nitrogens with one attached hydrogen (secondary N) is 1. The molecule has 7 heteroatoms. The van der Waals surface area contributed by atoms with Crippen molar-refractivity contribution in [3.05, 3.63) is 65.6 Å². The number of amides is 2. The van der Waals surface area contributed by atoms with Crippen LogP contribution >= 0.6 is 0 Å². The Morgan fingerprint density at radius 2 is 1.73 bits per heavy atom. The summed E-state index contributed by atoms with van der Waals surface area (Å²) in [5.74, 6) is -0.768. The summed E-state index contributed by atoms with van der Waals surface area (Å²) in [6, 6.07) is 12.7. The van der Waals surface area contributed by atoms with Gasteiger partial charge in [-0.1, -0.05) is 24.3 Å². The average Bonchev–Trinajstić information content (AvgIpc) is 2.94. The predicted octanol–water partition coefficient (Wildman–Crippen LogP) is 3.84. The van der Waals surface area contributed by atoms with E-state index >= 15 is 0 Å². The van der Waals surface area contributed by atoms with E-state index < -0.39 is 17.6 Å². The quantitative estimate of drug-likeness (QED) is 0.634. The molecule has 30 heavy (non-hydrogen) atoms. The van der Waals surface area contributed by atoms with Gasteiger partial charge in [-0.3, -0.25) is 14.5 Å². The molecule has 158 valence electrons. The van der Waals surface area contributed by atoms with E-state index in [1.54, 1.807) is 18.2 Å². The molecule has 1 N–H and O–H groups in total. The molecule has 1 aliphatic rings. The van der Waals surface area contributed by atoms with Crippen molar-refractivity contribution in [2.45, 2.75) is 26.9 Å². The lowest BCUT2D eigenvalue weighted by Crippen LogP contribution is -2.35. The third kappa shape index (κ3) is 4.68. The van der Waals surface area contributed by atoms with Crippen molar-refractivity contribution >= 4 is 23.1 Å². The molecule has 0 aliphatic carbocycles. The number of anilines is 1. The van der Waals surface area contributed by atoms with E-state index in [2.05, 4.69) is 5.32 Å². The molecule has 0 aromatic heterocycles. The highest BCUT2D eigenvalue weighted by molar-refractivity contribution is 6.36. The van der Waals surface area contributed by atoms with Crippen LogP contribution in [0.2, 0.25) is 0 Å². The van der Waals surface area contributed by atoms with Gasteiger partial charge in [0.15, 0.2) is 0 Å². The van der Waals surface area contributed by atoms with E-state index in [9.17, 15) is 14.0 Å². The predicted molar refractivity (Wildman–Crippen MR) is 112 cm³/mol. The summed E-state index contributed by atoms with van der Waals surface area (Å²) in [5, 5.41) is 3.07. The van der Waals surface area contributed by atoms with Crippen molar-refractivity contribution in [3.63, 3.8) is 0 Å². The van der Waals surface area contributed by atoms with Gasteiger partial charge in [-0.15, -0.1) is 0 Å². The number of nitrogens with zero attached hydrogens (tertiary/aromatic N) is 1. The number of para-hydroxylation sites is 2. The fourth-order valence-electron chi connectivity index (χ4n) is 3.15. The van der Waals surface area contributed by atoms with E-state index in [4.69, 9.17) is 9.47 Å². The molecule has 0 atom stereocenters. The van der Waals surface area contributed by atoms with Gasteiger partial charge >= 0.3 is 0 Å². The number of carbonyl (C=O) groups excluding carboxylic acids is 2. The molecule has 0 saturated carbocycles. The summed E-state index contributed by atoms with van der Waals surface area (Å²) in [7, 11) is 0. The number of carbonyl (C=O) groups is 2. The average molecular weight is 412 g/mol. The highest BCUT2D eigenvalue weighted by Gasteiger charge is 2.39. The lowest BCUT2D eigenvalue weighted by Gasteiger charge is -2.17. The smallest absolute Gasteiger partial charge is 0.278 e. The molecule has 3 rings (SSSR count). The number of halogens is 1. The first-order valence-corrected chi connectivity index (χ1v) is 9.89. The minimum absolute atomic E-state index is 0.0157. The van der Waals surface area contributed by atoms with E-state index in [0.717, 1.165) is 4.90 Å². The molecule has 0 saturated heterocycles. The maximum atomic E-state index is 13.4. The van der Waals surface area contributed by atoms with E-state index in [1.807, 2.05) is 26.8 Å². The highest BCUT2D eigenvalue weighted by Crippen LogP contribution is 2.33. The monoisotopic (exact) mass is 412 g/mol. The lowest BCUT2D eigenvalue weighted by molar-refractivity contribution is -0.137. The van der Waals surface area contributed by atoms with Crippen LogP contribution in [0.25, 0.3) is 5.57 Å². The SMILES string of the molecule is CCOc1ccccc1NC1=C(c2ccc(F)cc2)C(=O)N(CCOC(C)C)C1=O. The van der Waals surface area contributed by atoms with Crippen molar-refractivity contribution in [3.8, 4) is 5.75 Å². The normalized spacial score (nSPS) is 14.1. The molecule has 0 fully saturated rings. The first kappa shape index (κ1) is 21.5. The van der Waals surface area contributed by atoms with Gasteiger partial charge in [-0.05, 0) is 50.6 Å². The molecular formula is C23H25FN2O4. The van der Waals surface area contributed by atoms with Crippen molar-refractivity contribution in [1.82, 2.24) is 4.90 Å². The number of imide groups is 1. The molecule has 1 aliphatic heterocycles. The van der Waals surface area contributed by atoms with Crippen LogP contribution in [-0.2, 0) is 14.3 Å². The third-order valence-corrected chi connectivity index (χ3v) is 4.51. The molecule has 2 aromatic carbocycles. The summed E-state index contributed by atoms with van der Waals surface area (Å²) in [5.41, 5.74) is 1.34. The van der Waals surface area contributed by atoms with Crippen LogP contribution in [0.4, 0.5) is 10.1 Å². The van der Waals surface area contributed by atoms with Crippen LogP contribution in [0.3, 0.4) is 0 Å². The lowest BCUT2D eigenvalue weighted by atomic mass is 10.0. The Morgan fingerprint density at radius 3 is 2.40 bits per heavy atom. The van der Waals surface area contributed by atoms with E-state index in [0.29, 0.717) is 23.6 Å². The zero-order valence-corrected chi connectivity index (χ0v) is 17.3. The second kappa shape index (κ2) is 9.54. The summed E-state index contributed by atoms with van der Waals surface area (Å²) in [6.07, 6.45) is -0.0157. The summed E-state index contributed by atoms with van der Waals surface area (Å²) < 4.78 is 24.5. The number of ether oxygens (including phenoxy) is 2. The van der Waals surface area contributed by atoms with Crippen molar-refractivity contribution < 1.29 is 23.5 Å². The number of hydrogen-bond donors (Lipinski definition) is 1. The topological polar surface area (TPSA) is 67.9 Å². The molecule has 0 unspecified atom stereocenters. The van der Waals surface area contributed by atoms with Crippen LogP contribution in [0.5, 0.6) is 5.75 Å². The Labute approximate surface area is 175 Å². The second-order valence-corrected chi connectivity index (χ2v) is 6.99. The Balaban J connectivity index is 1.98. The fraction of sp³-hybridized carbons (Fsp3) is 0.304. The van der Waals surface area contributed by atoms with Gasteiger partial charge in [0.1, 0.15) is 17.3 Å². The van der Waals surface area contributed by atoms with Crippen LogP contribution in [0.15, 0.2) is 54.2 Å². The fourth-order valence-corrected chi connectivity index (χ4v) is 3.15. The molecule has 0 bridgehead atoms. The van der Waals surface area contributed by atoms with Gasteiger partial charge in [-0.25, -0.2) is 4.39 Å². The van der Waals surface area contributed by atoms with Gasteiger partial charge in [0, 0.05) is 0 Å². The van der Waals surface area contributed by atoms with Gasteiger partial charge < -0.3 is 14.8 Å². The van der Waals surface area contributed by atoms with Crippen molar-refractivity contribution in [1.29, 1.82) is 0 Å². The van der Waals surface area contributed by atoms with Gasteiger partial charge in [0.2, 0.25) is 0 Å². The summed E-state index contributed by atoms with van der Waals surface area (Å²) >= 11 is 0. The van der Waals surface area contributed by atoms with E-state index in [1.165, 1.54) is 24.3 Å². The minimum Gasteiger partial charge on any atom is -0.492 e. The molecule has 0 radical (unpaired) electrons. The van der Waals surface area contributed by atoms with Crippen LogP contribution in [-0.4, -0.2) is 42.6 Å². The van der Waals surface area contributed by atoms with Crippen LogP contribution < -0.4 is 10.1 Å². The third-order valence-electron chi connectivity index (χ3n) is 4.51. The zero-order valence-electron chi connectivity index (χ0n) is 17.3. The Bertz CT molecular complexity index is 954. The zero-order chi connectivity index (χ0) is 21.7. The molecule has 2 aromatic rings. The molecule has 2 amide bonds. The van der Waals surface area contributed by atoms with Gasteiger partial charge in [0.05, 0.1) is 37.1 Å². The molecule has 0 spiro atoms.